The smallest absolute Gasteiger partial charge is 0.189 e. The van der Waals surface area contributed by atoms with Crippen LogP contribution < -0.4 is 9.47 Å². The highest BCUT2D eigenvalue weighted by atomic mass is 35.5. The fraction of sp³-hybridized carbons (Fsp3) is 0.167. The number of Topliss-reactive ketones (excluding diaryl/α,β-unsaturated/α-hetero) is 1. The third kappa shape index (κ3) is 2.48. The zero-order chi connectivity index (χ0) is 15.7. The van der Waals surface area contributed by atoms with Crippen molar-refractivity contribution in [2.24, 2.45) is 0 Å². The molecule has 0 amide bonds. The first kappa shape index (κ1) is 14.7. The number of ether oxygens (including phenoxy) is 2. The average Bonchev–Trinajstić information content (AvgIpc) is 2.83. The van der Waals surface area contributed by atoms with Gasteiger partial charge < -0.3 is 9.47 Å². The summed E-state index contributed by atoms with van der Waals surface area (Å²) in [5.41, 5.74) is 3.41. The number of rotatable bonds is 3. The number of methoxy groups -OCH3 is 2. The zero-order valence-electron chi connectivity index (χ0n) is 12.4. The fourth-order valence-corrected chi connectivity index (χ4v) is 2.99. The Hall–Kier alpha value is -2.26. The van der Waals surface area contributed by atoms with Gasteiger partial charge in [-0.2, -0.15) is 0 Å². The molecule has 0 saturated heterocycles. The molecule has 3 nitrogen and oxygen atoms in total. The van der Waals surface area contributed by atoms with Crippen molar-refractivity contribution >= 4 is 23.5 Å². The minimum atomic E-state index is 0.0708. The van der Waals surface area contributed by atoms with Crippen LogP contribution in [0, 0.1) is 0 Å². The van der Waals surface area contributed by atoms with E-state index in [0.29, 0.717) is 22.9 Å². The number of hydrogen-bond donors (Lipinski definition) is 0. The van der Waals surface area contributed by atoms with Crippen molar-refractivity contribution < 1.29 is 14.3 Å². The minimum absolute atomic E-state index is 0.0708. The molecular formula is C18H15ClO3. The number of hydrogen-bond acceptors (Lipinski definition) is 3. The average molecular weight is 315 g/mol. The molecule has 3 rings (SSSR count). The van der Waals surface area contributed by atoms with Gasteiger partial charge in [0.15, 0.2) is 17.3 Å². The Morgan fingerprint density at radius 3 is 2.59 bits per heavy atom. The topological polar surface area (TPSA) is 35.5 Å². The lowest BCUT2D eigenvalue weighted by Gasteiger charge is -2.10. The van der Waals surface area contributed by atoms with Crippen molar-refractivity contribution in [2.75, 3.05) is 14.2 Å². The second-order valence-corrected chi connectivity index (χ2v) is 5.48. The molecule has 112 valence electrons. The summed E-state index contributed by atoms with van der Waals surface area (Å²) in [5, 5.41) is 0.455. The Bertz CT molecular complexity index is 778. The lowest BCUT2D eigenvalue weighted by atomic mass is 10.1. The normalized spacial score (nSPS) is 15.0. The van der Waals surface area contributed by atoms with Crippen LogP contribution in [0.2, 0.25) is 5.02 Å². The first-order valence-corrected chi connectivity index (χ1v) is 7.26. The van der Waals surface area contributed by atoms with Crippen LogP contribution in [0.3, 0.4) is 0 Å². The molecule has 0 unspecified atom stereocenters. The second kappa shape index (κ2) is 5.85. The maximum Gasteiger partial charge on any atom is 0.189 e. The van der Waals surface area contributed by atoms with Crippen molar-refractivity contribution in [2.45, 2.75) is 6.42 Å². The number of carbonyl (C=O) groups excluding carboxylic acids is 1. The molecular weight excluding hydrogens is 300 g/mol. The van der Waals surface area contributed by atoms with Gasteiger partial charge in [-0.15, -0.1) is 0 Å². The maximum atomic E-state index is 12.4. The SMILES string of the molecule is COc1cc(/C=C2/Cc3ccccc3C2=O)cc(Cl)c1OC. The highest BCUT2D eigenvalue weighted by molar-refractivity contribution is 6.32. The summed E-state index contributed by atoms with van der Waals surface area (Å²) in [5.74, 6) is 1.11. The molecule has 0 fully saturated rings. The molecule has 0 aromatic heterocycles. The van der Waals surface area contributed by atoms with Crippen LogP contribution >= 0.6 is 11.6 Å². The van der Waals surface area contributed by atoms with E-state index in [4.69, 9.17) is 21.1 Å². The molecule has 4 heteroatoms. The third-order valence-electron chi connectivity index (χ3n) is 3.73. The molecule has 0 spiro atoms. The van der Waals surface area contributed by atoms with E-state index in [2.05, 4.69) is 0 Å². The van der Waals surface area contributed by atoms with E-state index < -0.39 is 0 Å². The van der Waals surface area contributed by atoms with Crippen LogP contribution in [0.5, 0.6) is 11.5 Å². The molecule has 0 atom stereocenters. The van der Waals surface area contributed by atoms with Gasteiger partial charge >= 0.3 is 0 Å². The van der Waals surface area contributed by atoms with Crippen molar-refractivity contribution in [3.63, 3.8) is 0 Å². The van der Waals surface area contributed by atoms with Crippen LogP contribution in [-0.2, 0) is 6.42 Å². The van der Waals surface area contributed by atoms with Gasteiger partial charge in [-0.3, -0.25) is 4.79 Å². The van der Waals surface area contributed by atoms with Gasteiger partial charge in [0.1, 0.15) is 0 Å². The molecule has 0 saturated carbocycles. The fourth-order valence-electron chi connectivity index (χ4n) is 2.69. The van der Waals surface area contributed by atoms with E-state index in [-0.39, 0.29) is 5.78 Å². The van der Waals surface area contributed by atoms with Gasteiger partial charge in [0.25, 0.3) is 0 Å². The summed E-state index contributed by atoms with van der Waals surface area (Å²) in [4.78, 5) is 12.4. The summed E-state index contributed by atoms with van der Waals surface area (Å²) in [6.45, 7) is 0. The standard InChI is InChI=1S/C18H15ClO3/c1-21-16-9-11(8-15(19)18(16)22-2)7-13-10-12-5-3-4-6-14(12)17(13)20/h3-9H,10H2,1-2H3/b13-7-. The first-order valence-electron chi connectivity index (χ1n) is 6.88. The molecule has 0 bridgehead atoms. The van der Waals surface area contributed by atoms with Crippen molar-refractivity contribution in [1.29, 1.82) is 0 Å². The highest BCUT2D eigenvalue weighted by Gasteiger charge is 2.24. The van der Waals surface area contributed by atoms with E-state index in [1.807, 2.05) is 36.4 Å². The van der Waals surface area contributed by atoms with Crippen molar-refractivity contribution in [3.05, 3.63) is 63.7 Å². The minimum Gasteiger partial charge on any atom is -0.493 e. The predicted molar refractivity (Wildman–Crippen MR) is 87.0 cm³/mol. The Morgan fingerprint density at radius 2 is 1.91 bits per heavy atom. The van der Waals surface area contributed by atoms with Crippen LogP contribution in [0.25, 0.3) is 6.08 Å². The van der Waals surface area contributed by atoms with Crippen LogP contribution in [0.15, 0.2) is 42.0 Å². The van der Waals surface area contributed by atoms with E-state index in [1.54, 1.807) is 20.3 Å². The van der Waals surface area contributed by atoms with Crippen LogP contribution in [0.1, 0.15) is 21.5 Å². The predicted octanol–water partition coefficient (Wildman–Crippen LogP) is 4.18. The lowest BCUT2D eigenvalue weighted by Crippen LogP contribution is -1.96. The number of fused-ring (bicyclic) bond motifs is 1. The molecule has 1 aliphatic carbocycles. The van der Waals surface area contributed by atoms with E-state index in [0.717, 1.165) is 22.3 Å². The van der Waals surface area contributed by atoms with E-state index in [9.17, 15) is 4.79 Å². The first-order chi connectivity index (χ1) is 10.6. The molecule has 0 N–H and O–H groups in total. The molecule has 22 heavy (non-hydrogen) atoms. The molecule has 1 aliphatic rings. The molecule has 2 aromatic rings. The Labute approximate surface area is 134 Å². The van der Waals surface area contributed by atoms with Crippen molar-refractivity contribution in [3.8, 4) is 11.5 Å². The molecule has 0 radical (unpaired) electrons. The Kier molecular flexibility index (Phi) is 3.90. The van der Waals surface area contributed by atoms with E-state index in [1.165, 1.54) is 0 Å². The third-order valence-corrected chi connectivity index (χ3v) is 4.01. The van der Waals surface area contributed by atoms with Crippen LogP contribution in [0.4, 0.5) is 0 Å². The Balaban J connectivity index is 2.01. The van der Waals surface area contributed by atoms with Gasteiger partial charge in [-0.05, 0) is 29.3 Å². The van der Waals surface area contributed by atoms with Gasteiger partial charge in [0, 0.05) is 17.6 Å². The number of carbonyl (C=O) groups is 1. The summed E-state index contributed by atoms with van der Waals surface area (Å²) >= 11 is 6.21. The maximum absolute atomic E-state index is 12.4. The largest absolute Gasteiger partial charge is 0.493 e. The lowest BCUT2D eigenvalue weighted by molar-refractivity contribution is 0.104. The highest BCUT2D eigenvalue weighted by Crippen LogP contribution is 2.37. The van der Waals surface area contributed by atoms with Gasteiger partial charge in [0.2, 0.25) is 0 Å². The Morgan fingerprint density at radius 1 is 1.14 bits per heavy atom. The quantitative estimate of drug-likeness (QED) is 0.797. The number of benzene rings is 2. The van der Waals surface area contributed by atoms with Gasteiger partial charge in [-0.1, -0.05) is 35.9 Å². The second-order valence-electron chi connectivity index (χ2n) is 5.07. The number of allylic oxidation sites excluding steroid dienone is 1. The zero-order valence-corrected chi connectivity index (χ0v) is 13.1. The van der Waals surface area contributed by atoms with Crippen LogP contribution in [-0.4, -0.2) is 20.0 Å². The summed E-state index contributed by atoms with van der Waals surface area (Å²) < 4.78 is 10.5. The summed E-state index contributed by atoms with van der Waals surface area (Å²) in [6.07, 6.45) is 2.50. The van der Waals surface area contributed by atoms with Gasteiger partial charge in [-0.25, -0.2) is 0 Å². The van der Waals surface area contributed by atoms with Crippen molar-refractivity contribution in [1.82, 2.24) is 0 Å². The number of ketones is 1. The summed E-state index contributed by atoms with van der Waals surface area (Å²) in [6, 6.07) is 11.3. The number of halogens is 1. The molecule has 0 aliphatic heterocycles. The monoisotopic (exact) mass is 314 g/mol. The van der Waals surface area contributed by atoms with E-state index >= 15 is 0 Å². The van der Waals surface area contributed by atoms with Gasteiger partial charge in [0.05, 0.1) is 19.2 Å². The molecule has 0 heterocycles. The summed E-state index contributed by atoms with van der Waals surface area (Å²) in [7, 11) is 3.10. The molecule has 2 aromatic carbocycles.